The fourth-order valence-electron chi connectivity index (χ4n) is 3.34. The number of aromatic nitrogens is 2. The second-order valence-corrected chi connectivity index (χ2v) is 7.06. The molecule has 0 spiro atoms. The number of hydrogen-bond donors (Lipinski definition) is 3. The minimum absolute atomic E-state index is 0.380. The lowest BCUT2D eigenvalue weighted by atomic mass is 9.93. The number of methoxy groups -OCH3 is 1. The lowest BCUT2D eigenvalue weighted by Crippen LogP contribution is -2.21. The third-order valence-electron chi connectivity index (χ3n) is 4.87. The van der Waals surface area contributed by atoms with Crippen molar-refractivity contribution < 1.29 is 37.9 Å². The molecule has 34 heavy (non-hydrogen) atoms. The number of anilines is 2. The monoisotopic (exact) mass is 478 g/mol. The van der Waals surface area contributed by atoms with Crippen molar-refractivity contribution in [2.75, 3.05) is 24.7 Å². The van der Waals surface area contributed by atoms with Gasteiger partial charge < -0.3 is 15.6 Å². The van der Waals surface area contributed by atoms with Crippen molar-refractivity contribution in [2.24, 2.45) is 0 Å². The van der Waals surface area contributed by atoms with E-state index in [-0.39, 0.29) is 0 Å². The van der Waals surface area contributed by atoms with Crippen molar-refractivity contribution in [3.63, 3.8) is 0 Å². The molecule has 2 aromatic carbocycles. The van der Waals surface area contributed by atoms with Gasteiger partial charge in [0.25, 0.3) is 0 Å². The molecule has 0 amide bonds. The molecule has 9 nitrogen and oxygen atoms in total. The predicted octanol–water partition coefficient (Wildman–Crippen LogP) is 4.17. The molecule has 12 heteroatoms. The second kappa shape index (κ2) is 10.4. The van der Waals surface area contributed by atoms with Gasteiger partial charge in [-0.1, -0.05) is 24.3 Å². The van der Waals surface area contributed by atoms with Crippen molar-refractivity contribution in [3.8, 4) is 0 Å². The minimum atomic E-state index is -5.08. The zero-order valence-electron chi connectivity index (χ0n) is 17.9. The summed E-state index contributed by atoms with van der Waals surface area (Å²) in [7, 11) is 1.66. The largest absolute Gasteiger partial charge is 0.500 e. The van der Waals surface area contributed by atoms with Crippen molar-refractivity contribution in [3.05, 3.63) is 65.5 Å². The molecule has 4 N–H and O–H groups in total. The number of hydrogen-bond acceptors (Lipinski definition) is 8. The summed E-state index contributed by atoms with van der Waals surface area (Å²) < 4.78 is 37.5. The Morgan fingerprint density at radius 1 is 1.24 bits per heavy atom. The normalized spacial score (nSPS) is 14.3. The number of nitrogens with two attached hydrogens (primary N) is 1. The number of rotatable bonds is 2. The van der Waals surface area contributed by atoms with E-state index < -0.39 is 12.1 Å². The number of carbonyl (C=O) groups is 1. The van der Waals surface area contributed by atoms with Gasteiger partial charge in [-0.25, -0.2) is 9.63 Å². The van der Waals surface area contributed by atoms with Crippen LogP contribution in [0.25, 0.3) is 16.5 Å². The van der Waals surface area contributed by atoms with Crippen LogP contribution in [0.4, 0.5) is 24.5 Å². The van der Waals surface area contributed by atoms with E-state index in [1.54, 1.807) is 13.2 Å². The topological polar surface area (TPSA) is 131 Å². The van der Waals surface area contributed by atoms with E-state index in [1.807, 2.05) is 36.4 Å². The van der Waals surface area contributed by atoms with Crippen LogP contribution in [0.2, 0.25) is 0 Å². The Balaban J connectivity index is 0.000000406. The number of para-hydroxylation sites is 1. The maximum Gasteiger partial charge on any atom is 0.490 e. The van der Waals surface area contributed by atoms with E-state index in [2.05, 4.69) is 10.2 Å². The van der Waals surface area contributed by atoms with Gasteiger partial charge in [0.05, 0.1) is 31.1 Å². The molecular formula is C22H21F3N4O5. The fourth-order valence-corrected chi connectivity index (χ4v) is 3.34. The van der Waals surface area contributed by atoms with Crippen molar-refractivity contribution in [1.82, 2.24) is 10.2 Å². The van der Waals surface area contributed by atoms with Gasteiger partial charge in [0, 0.05) is 22.9 Å². The van der Waals surface area contributed by atoms with Crippen LogP contribution in [0.1, 0.15) is 24.0 Å². The Bertz CT molecular complexity index is 1220. The molecule has 4 rings (SSSR count). The summed E-state index contributed by atoms with van der Waals surface area (Å²) in [6.45, 7) is 0.380. The highest BCUT2D eigenvalue weighted by atomic mass is 19.4. The molecule has 180 valence electrons. The number of halogens is 3. The van der Waals surface area contributed by atoms with Crippen LogP contribution >= 0.6 is 0 Å². The van der Waals surface area contributed by atoms with Crippen LogP contribution in [-0.4, -0.2) is 46.4 Å². The minimum Gasteiger partial charge on any atom is -0.500 e. The Hall–Kier alpha value is -3.90. The van der Waals surface area contributed by atoms with Crippen LogP contribution in [0.5, 0.6) is 0 Å². The van der Waals surface area contributed by atoms with Gasteiger partial charge in [-0.3, -0.25) is 5.21 Å². The Labute approximate surface area is 191 Å². The van der Waals surface area contributed by atoms with Gasteiger partial charge in [0.1, 0.15) is 11.4 Å². The first-order chi connectivity index (χ1) is 16.1. The molecule has 0 unspecified atom stereocenters. The Morgan fingerprint density at radius 2 is 1.94 bits per heavy atom. The number of ether oxygens (including phenoxy) is 1. The number of alkyl halides is 3. The molecule has 0 fully saturated rings. The molecule has 1 aliphatic rings. The molecule has 1 aliphatic heterocycles. The van der Waals surface area contributed by atoms with Gasteiger partial charge in [0.2, 0.25) is 0 Å². The van der Waals surface area contributed by atoms with E-state index in [4.69, 9.17) is 25.2 Å². The first-order valence-corrected chi connectivity index (χ1v) is 9.93. The van der Waals surface area contributed by atoms with Crippen LogP contribution < -0.4 is 11.0 Å². The molecule has 0 atom stereocenters. The average Bonchev–Trinajstić information content (AvgIpc) is 2.87. The number of nitrogen functional groups attached to an aromatic ring is 1. The summed E-state index contributed by atoms with van der Waals surface area (Å²) in [5, 5.41) is 27.3. The highest BCUT2D eigenvalue weighted by Gasteiger charge is 2.38. The first kappa shape index (κ1) is 24.7. The summed E-state index contributed by atoms with van der Waals surface area (Å²) in [6, 6.07) is 13.3. The number of carboxylic acids is 1. The van der Waals surface area contributed by atoms with Crippen LogP contribution in [-0.2, 0) is 14.4 Å². The zero-order valence-corrected chi connectivity index (χ0v) is 17.9. The van der Waals surface area contributed by atoms with Gasteiger partial charge in [-0.15, -0.1) is 5.23 Å². The van der Waals surface area contributed by atoms with E-state index in [0.29, 0.717) is 36.3 Å². The quantitative estimate of drug-likeness (QED) is 0.497. The molecule has 0 saturated carbocycles. The summed E-state index contributed by atoms with van der Waals surface area (Å²) in [6.07, 6.45) is -2.16. The average molecular weight is 478 g/mol. The van der Waals surface area contributed by atoms with Crippen molar-refractivity contribution >= 4 is 33.8 Å². The van der Waals surface area contributed by atoms with Crippen LogP contribution in [0.3, 0.4) is 0 Å². The van der Waals surface area contributed by atoms with Crippen molar-refractivity contribution in [1.29, 1.82) is 0 Å². The maximum absolute atomic E-state index is 10.6. The number of benzene rings is 2. The SMILES string of the molecule is COC1=C(c2ccc3c(N)cnnc3c2)c2ccccc2N(O)OCCC1.O=C(O)C(F)(F)F. The summed E-state index contributed by atoms with van der Waals surface area (Å²) in [5.41, 5.74) is 10.4. The number of nitrogens with zero attached hydrogens (tertiary/aromatic N) is 3. The highest BCUT2D eigenvalue weighted by Crippen LogP contribution is 2.37. The molecule has 2 heterocycles. The van der Waals surface area contributed by atoms with Crippen LogP contribution in [0, 0.1) is 0 Å². The summed E-state index contributed by atoms with van der Waals surface area (Å²) in [4.78, 5) is 14.3. The highest BCUT2D eigenvalue weighted by molar-refractivity contribution is 5.94. The molecular weight excluding hydrogens is 457 g/mol. The third-order valence-corrected chi connectivity index (χ3v) is 4.87. The van der Waals surface area contributed by atoms with E-state index in [1.165, 1.54) is 6.20 Å². The summed E-state index contributed by atoms with van der Waals surface area (Å²) >= 11 is 0. The Morgan fingerprint density at radius 3 is 2.62 bits per heavy atom. The molecule has 0 saturated heterocycles. The number of allylic oxidation sites excluding steroid dienone is 1. The predicted molar refractivity (Wildman–Crippen MR) is 117 cm³/mol. The molecule has 0 bridgehead atoms. The smallest absolute Gasteiger partial charge is 0.490 e. The Kier molecular flexibility index (Phi) is 7.54. The second-order valence-electron chi connectivity index (χ2n) is 7.06. The maximum atomic E-state index is 10.6. The number of fused-ring (bicyclic) bond motifs is 2. The van der Waals surface area contributed by atoms with Gasteiger partial charge >= 0.3 is 12.1 Å². The zero-order chi connectivity index (χ0) is 24.9. The van der Waals surface area contributed by atoms with Gasteiger partial charge in [-0.05, 0) is 30.2 Å². The lowest BCUT2D eigenvalue weighted by Gasteiger charge is -2.20. The molecule has 0 radical (unpaired) electrons. The van der Waals surface area contributed by atoms with Gasteiger partial charge in [-0.2, -0.15) is 23.4 Å². The van der Waals surface area contributed by atoms with E-state index in [9.17, 15) is 18.4 Å². The molecule has 1 aromatic heterocycles. The van der Waals surface area contributed by atoms with E-state index in [0.717, 1.165) is 33.1 Å². The lowest BCUT2D eigenvalue weighted by molar-refractivity contribution is -0.192. The van der Waals surface area contributed by atoms with Gasteiger partial charge in [0.15, 0.2) is 0 Å². The molecule has 0 aliphatic carbocycles. The summed E-state index contributed by atoms with van der Waals surface area (Å²) in [5.74, 6) is -1.94. The first-order valence-electron chi connectivity index (χ1n) is 9.93. The molecule has 3 aromatic rings. The fraction of sp³-hybridized carbons (Fsp3) is 0.227. The third kappa shape index (κ3) is 5.53. The number of aliphatic carboxylic acids is 1. The van der Waals surface area contributed by atoms with E-state index >= 15 is 0 Å². The standard InChI is InChI=1S/C20H20N4O3.C2HF3O2/c1-26-19-7-4-10-27-24(25)18-6-3-2-5-15(18)20(19)13-8-9-14-16(21)12-22-23-17(14)11-13;3-2(4,5)1(6)7/h2-3,5-6,8-9,11-12,25H,4,7,10H2,1H3,(H2,21,23);(H,6,7). The number of carboxylic acid groups (broad SMARTS) is 1. The van der Waals surface area contributed by atoms with Crippen molar-refractivity contribution in [2.45, 2.75) is 19.0 Å². The van der Waals surface area contributed by atoms with Crippen LogP contribution in [0.15, 0.2) is 54.4 Å².